The summed E-state index contributed by atoms with van der Waals surface area (Å²) in [6.45, 7) is 4.27. The third-order valence-electron chi connectivity index (χ3n) is 7.09. The number of fused-ring (bicyclic) bond motifs is 1. The number of aliphatic imine (C=N–C) groups is 1. The Hall–Kier alpha value is -3.36. The minimum Gasteiger partial charge on any atom is -0.457 e. The average molecular weight is 477 g/mol. The molecule has 0 radical (unpaired) electrons. The van der Waals surface area contributed by atoms with Crippen LogP contribution in [0.5, 0.6) is 0 Å². The van der Waals surface area contributed by atoms with E-state index in [0.29, 0.717) is 31.8 Å². The summed E-state index contributed by atoms with van der Waals surface area (Å²) in [6, 6.07) is 7.84. The largest absolute Gasteiger partial charge is 0.457 e. The van der Waals surface area contributed by atoms with Crippen LogP contribution in [-0.4, -0.2) is 64.8 Å². The molecule has 10 nitrogen and oxygen atoms in total. The van der Waals surface area contributed by atoms with E-state index >= 15 is 0 Å². The summed E-state index contributed by atoms with van der Waals surface area (Å²) >= 11 is 0. The van der Waals surface area contributed by atoms with Crippen molar-refractivity contribution in [2.24, 2.45) is 10.9 Å². The molecule has 5 rings (SSSR count). The normalized spacial score (nSPS) is 28.1. The average Bonchev–Trinajstić information content (AvgIpc) is 3.51. The van der Waals surface area contributed by atoms with Gasteiger partial charge in [0.15, 0.2) is 0 Å². The Balaban J connectivity index is 1.37. The molecule has 0 saturated carbocycles. The van der Waals surface area contributed by atoms with E-state index in [9.17, 15) is 15.2 Å². The van der Waals surface area contributed by atoms with Gasteiger partial charge in [-0.3, -0.25) is 9.89 Å². The molecule has 0 amide bonds. The summed E-state index contributed by atoms with van der Waals surface area (Å²) in [7, 11) is 1.56. The molecule has 0 spiro atoms. The first-order valence-electron chi connectivity index (χ1n) is 11.6. The fourth-order valence-corrected chi connectivity index (χ4v) is 5.21. The van der Waals surface area contributed by atoms with Gasteiger partial charge in [-0.25, -0.2) is 9.48 Å². The number of benzene rings is 1. The number of nitrogens with one attached hydrogen (secondary N) is 1. The number of cyclic esters (lactones) is 1. The Labute approximate surface area is 203 Å². The van der Waals surface area contributed by atoms with Crippen molar-refractivity contribution in [1.82, 2.24) is 20.0 Å². The van der Waals surface area contributed by atoms with Gasteiger partial charge in [-0.1, -0.05) is 6.07 Å². The van der Waals surface area contributed by atoms with Crippen LogP contribution in [0, 0.1) is 24.2 Å². The number of methoxy groups -OCH3 is 1. The van der Waals surface area contributed by atoms with Crippen LogP contribution in [0.15, 0.2) is 41.7 Å². The maximum atomic E-state index is 11.9. The molecule has 1 fully saturated rings. The number of nitrogens with zero attached hydrogens (tertiary/aromatic N) is 5. The number of nitriles is 1. The van der Waals surface area contributed by atoms with Gasteiger partial charge in [0.25, 0.3) is 0 Å². The molecule has 2 N–H and O–H groups in total. The number of hydrogen-bond donors (Lipinski definition) is 2. The van der Waals surface area contributed by atoms with Crippen LogP contribution >= 0.6 is 0 Å². The van der Waals surface area contributed by atoms with E-state index in [1.54, 1.807) is 30.3 Å². The predicted molar refractivity (Wildman–Crippen MR) is 126 cm³/mol. The number of hydrogen-bond acceptors (Lipinski definition) is 9. The Morgan fingerprint density at radius 1 is 1.37 bits per heavy atom. The zero-order valence-electron chi connectivity index (χ0n) is 19.7. The minimum atomic E-state index is -1.05. The molecule has 1 aromatic heterocycles. The van der Waals surface area contributed by atoms with Crippen LogP contribution in [0.3, 0.4) is 0 Å². The molecular formula is C25H28N6O4. The van der Waals surface area contributed by atoms with Gasteiger partial charge in [-0.15, -0.1) is 0 Å². The van der Waals surface area contributed by atoms with Gasteiger partial charge < -0.3 is 19.9 Å². The highest BCUT2D eigenvalue weighted by molar-refractivity contribution is 5.94. The molecule has 1 saturated heterocycles. The van der Waals surface area contributed by atoms with Crippen molar-refractivity contribution >= 4 is 12.2 Å². The molecule has 2 aromatic rings. The van der Waals surface area contributed by atoms with Crippen molar-refractivity contribution in [3.8, 4) is 6.07 Å². The second-order valence-electron chi connectivity index (χ2n) is 9.10. The van der Waals surface area contributed by atoms with Crippen LogP contribution in [0.25, 0.3) is 0 Å². The fraction of sp³-hybridized carbons (Fsp3) is 0.440. The Morgan fingerprint density at radius 3 is 3.00 bits per heavy atom. The number of rotatable bonds is 6. The standard InChI is InChI=1S/C25H28N6O4/c1-16-20(3-4-21-22(16)15-35-24(21)33)23-13-30(12-19(14-32)28-23)11-18-5-8-31(29-18)25(34-2)6-7-27-10-17(25)9-26/h3-8,10,17,19,23,28,32H,11-15H2,1-2H3. The Kier molecular flexibility index (Phi) is 6.25. The van der Waals surface area contributed by atoms with Crippen LogP contribution in [0.1, 0.15) is 38.8 Å². The monoisotopic (exact) mass is 476 g/mol. The molecule has 182 valence electrons. The predicted octanol–water partition coefficient (Wildman–Crippen LogP) is 1.41. The summed E-state index contributed by atoms with van der Waals surface area (Å²) in [4.78, 5) is 18.3. The first-order valence-corrected chi connectivity index (χ1v) is 11.6. The summed E-state index contributed by atoms with van der Waals surface area (Å²) in [5.74, 6) is -0.880. The molecule has 35 heavy (non-hydrogen) atoms. The molecule has 4 heterocycles. The van der Waals surface area contributed by atoms with Crippen LogP contribution < -0.4 is 5.32 Å². The van der Waals surface area contributed by atoms with Gasteiger partial charge >= 0.3 is 5.97 Å². The molecule has 0 aliphatic carbocycles. The van der Waals surface area contributed by atoms with Gasteiger partial charge in [0.1, 0.15) is 12.5 Å². The minimum absolute atomic E-state index is 0.00773. The first-order chi connectivity index (χ1) is 17.0. The van der Waals surface area contributed by atoms with Crippen molar-refractivity contribution in [3.63, 3.8) is 0 Å². The smallest absolute Gasteiger partial charge is 0.338 e. The van der Waals surface area contributed by atoms with Crippen molar-refractivity contribution in [2.45, 2.75) is 37.9 Å². The van der Waals surface area contributed by atoms with E-state index in [4.69, 9.17) is 14.6 Å². The van der Waals surface area contributed by atoms with E-state index in [0.717, 1.165) is 22.4 Å². The number of ether oxygens (including phenoxy) is 2. The third-order valence-corrected chi connectivity index (χ3v) is 7.09. The molecule has 10 heteroatoms. The van der Waals surface area contributed by atoms with Crippen LogP contribution in [-0.2, 0) is 28.4 Å². The number of aliphatic hydroxyl groups is 1. The highest BCUT2D eigenvalue weighted by Crippen LogP contribution is 2.32. The molecule has 3 aliphatic rings. The fourth-order valence-electron chi connectivity index (χ4n) is 5.21. The number of esters is 1. The first kappa shape index (κ1) is 23.4. The zero-order chi connectivity index (χ0) is 24.6. The summed E-state index contributed by atoms with van der Waals surface area (Å²) in [5, 5.41) is 27.8. The molecule has 4 atom stereocenters. The number of carbonyl (C=O) groups excluding carboxylic acids is 1. The topological polar surface area (TPSA) is 125 Å². The second kappa shape index (κ2) is 9.36. The van der Waals surface area contributed by atoms with E-state index in [1.165, 1.54) is 0 Å². The highest BCUT2D eigenvalue weighted by atomic mass is 16.5. The highest BCUT2D eigenvalue weighted by Gasteiger charge is 2.41. The van der Waals surface area contributed by atoms with Crippen molar-refractivity contribution < 1.29 is 19.4 Å². The number of aromatic nitrogens is 2. The van der Waals surface area contributed by atoms with Crippen molar-refractivity contribution in [1.29, 1.82) is 5.26 Å². The third kappa shape index (κ3) is 4.06. The maximum Gasteiger partial charge on any atom is 0.338 e. The molecule has 3 aliphatic heterocycles. The maximum absolute atomic E-state index is 11.9. The van der Waals surface area contributed by atoms with Gasteiger partial charge in [0.2, 0.25) is 5.72 Å². The summed E-state index contributed by atoms with van der Waals surface area (Å²) in [6.07, 6.45) is 6.74. The number of carbonyl (C=O) groups is 1. The van der Waals surface area contributed by atoms with Crippen molar-refractivity contribution in [3.05, 3.63) is 64.6 Å². The van der Waals surface area contributed by atoms with Gasteiger partial charge in [-0.05, 0) is 36.3 Å². The molecule has 1 aromatic carbocycles. The number of aliphatic hydroxyl groups excluding tert-OH is 1. The van der Waals surface area contributed by atoms with Crippen LogP contribution in [0.2, 0.25) is 0 Å². The van der Waals surface area contributed by atoms with Crippen molar-refractivity contribution in [2.75, 3.05) is 26.8 Å². The van der Waals surface area contributed by atoms with Gasteiger partial charge in [0, 0.05) is 63.0 Å². The van der Waals surface area contributed by atoms with E-state index in [-0.39, 0.29) is 24.7 Å². The van der Waals surface area contributed by atoms with Crippen LogP contribution in [0.4, 0.5) is 0 Å². The molecular weight excluding hydrogens is 448 g/mol. The quantitative estimate of drug-likeness (QED) is 0.600. The van der Waals surface area contributed by atoms with Gasteiger partial charge in [0.05, 0.1) is 23.9 Å². The second-order valence-corrected chi connectivity index (χ2v) is 9.10. The van der Waals surface area contributed by atoms with Gasteiger partial charge in [-0.2, -0.15) is 10.4 Å². The SMILES string of the molecule is COC1(n2ccc(CN3CC(CO)NC(c4ccc5c(c4C)COC5=O)C3)n2)C=CN=CC1C#N. The lowest BCUT2D eigenvalue weighted by Gasteiger charge is -2.39. The lowest BCUT2D eigenvalue weighted by Crippen LogP contribution is -2.53. The Bertz CT molecular complexity index is 1230. The summed E-state index contributed by atoms with van der Waals surface area (Å²) in [5.41, 5.74) is 3.49. The lowest BCUT2D eigenvalue weighted by atomic mass is 9.92. The molecule has 4 unspecified atom stereocenters. The Morgan fingerprint density at radius 2 is 2.23 bits per heavy atom. The zero-order valence-corrected chi connectivity index (χ0v) is 19.7. The van der Waals surface area contributed by atoms with E-state index in [1.807, 2.05) is 31.3 Å². The van der Waals surface area contributed by atoms with E-state index in [2.05, 4.69) is 21.3 Å². The molecule has 0 bridgehead atoms. The number of piperazine rings is 1. The summed E-state index contributed by atoms with van der Waals surface area (Å²) < 4.78 is 12.6. The lowest BCUT2D eigenvalue weighted by molar-refractivity contribution is -0.0585. The van der Waals surface area contributed by atoms with E-state index < -0.39 is 11.6 Å².